The summed E-state index contributed by atoms with van der Waals surface area (Å²) in [6, 6.07) is 8.16. The van der Waals surface area contributed by atoms with Crippen LogP contribution in [0.25, 0.3) is 11.0 Å². The lowest BCUT2D eigenvalue weighted by Crippen LogP contribution is -2.36. The zero-order valence-electron chi connectivity index (χ0n) is 16.1. The summed E-state index contributed by atoms with van der Waals surface area (Å²) < 4.78 is 2.85. The van der Waals surface area contributed by atoms with Gasteiger partial charge in [-0.3, -0.25) is 18.8 Å². The van der Waals surface area contributed by atoms with Gasteiger partial charge in [0.25, 0.3) is 5.56 Å². The van der Waals surface area contributed by atoms with E-state index in [1.165, 1.54) is 27.3 Å². The minimum Gasteiger partial charge on any atom is -0.347 e. The van der Waals surface area contributed by atoms with Gasteiger partial charge in [-0.1, -0.05) is 45.0 Å². The van der Waals surface area contributed by atoms with E-state index in [1.807, 2.05) is 0 Å². The van der Waals surface area contributed by atoms with Gasteiger partial charge >= 0.3 is 0 Å². The molecule has 3 aromatic rings. The fourth-order valence-corrected chi connectivity index (χ4v) is 3.15. The fraction of sp³-hybridized carbons (Fsp3) is 0.400. The number of nitrogens with one attached hydrogen (secondary N) is 1. The molecule has 7 heteroatoms. The molecule has 1 aromatic carbocycles. The van der Waals surface area contributed by atoms with Gasteiger partial charge in [0.15, 0.2) is 5.65 Å². The Kier molecular flexibility index (Phi) is 5.39. The van der Waals surface area contributed by atoms with Crippen LogP contribution in [0.15, 0.2) is 41.6 Å². The number of hydrogen-bond donors (Lipinski definition) is 1. The van der Waals surface area contributed by atoms with Crippen LogP contribution in [0.5, 0.6) is 0 Å². The van der Waals surface area contributed by atoms with E-state index in [9.17, 15) is 9.59 Å². The highest BCUT2D eigenvalue weighted by atomic mass is 16.2. The first kappa shape index (κ1) is 18.8. The van der Waals surface area contributed by atoms with Crippen LogP contribution in [-0.4, -0.2) is 25.2 Å². The lowest BCUT2D eigenvalue weighted by atomic mass is 9.95. The molecule has 3 rings (SSSR count). The van der Waals surface area contributed by atoms with Crippen LogP contribution in [0.1, 0.15) is 37.9 Å². The molecule has 0 aliphatic rings. The predicted octanol–water partition coefficient (Wildman–Crippen LogP) is 2.21. The smallest absolute Gasteiger partial charge is 0.264 e. The molecule has 1 amide bonds. The summed E-state index contributed by atoms with van der Waals surface area (Å²) in [5, 5.41) is 7.50. The topological polar surface area (TPSA) is 81.8 Å². The van der Waals surface area contributed by atoms with Crippen LogP contribution in [0.3, 0.4) is 0 Å². The second kappa shape index (κ2) is 7.73. The van der Waals surface area contributed by atoms with Gasteiger partial charge in [-0.2, -0.15) is 5.10 Å². The molecule has 142 valence electrons. The Hall–Kier alpha value is -2.96. The Morgan fingerprint density at radius 1 is 1.22 bits per heavy atom. The Morgan fingerprint density at radius 3 is 2.56 bits per heavy atom. The lowest BCUT2D eigenvalue weighted by molar-refractivity contribution is -0.122. The fourth-order valence-electron chi connectivity index (χ4n) is 3.15. The maximum absolute atomic E-state index is 12.6. The molecule has 7 nitrogen and oxygen atoms in total. The Morgan fingerprint density at radius 2 is 1.93 bits per heavy atom. The summed E-state index contributed by atoms with van der Waals surface area (Å²) in [7, 11) is 1.73. The van der Waals surface area contributed by atoms with Crippen LogP contribution in [-0.2, 0) is 24.8 Å². The first-order chi connectivity index (χ1) is 12.9. The minimum absolute atomic E-state index is 0.0765. The third kappa shape index (κ3) is 3.92. The van der Waals surface area contributed by atoms with E-state index in [-0.39, 0.29) is 30.0 Å². The number of carbonyl (C=O) groups is 1. The number of fused-ring (bicyclic) bond motifs is 1. The molecule has 0 saturated carbocycles. The third-order valence-corrected chi connectivity index (χ3v) is 4.76. The van der Waals surface area contributed by atoms with Crippen molar-refractivity contribution in [3.63, 3.8) is 0 Å². The normalized spacial score (nSPS) is 12.5. The van der Waals surface area contributed by atoms with Crippen LogP contribution in [0.2, 0.25) is 0 Å². The molecule has 0 bridgehead atoms. The standard InChI is InChI=1S/C20H25N5O2/c1-5-14-6-8-15(9-7-14)18(13(2)3)23-17(26)11-25-12-21-19-16(20(25)27)10-22-24(19)4/h6-10,12-13,18H,5,11H2,1-4H3,(H,23,26)/t18-/m1/s1. The molecule has 0 radical (unpaired) electrons. The van der Waals surface area contributed by atoms with E-state index >= 15 is 0 Å². The van der Waals surface area contributed by atoms with E-state index in [4.69, 9.17) is 0 Å². The van der Waals surface area contributed by atoms with Gasteiger partial charge in [-0.15, -0.1) is 0 Å². The van der Waals surface area contributed by atoms with Gasteiger partial charge in [0, 0.05) is 7.05 Å². The van der Waals surface area contributed by atoms with Gasteiger partial charge in [0.05, 0.1) is 12.2 Å². The van der Waals surface area contributed by atoms with Crippen molar-refractivity contribution in [3.8, 4) is 0 Å². The molecule has 1 N–H and O–H groups in total. The Labute approximate surface area is 158 Å². The van der Waals surface area contributed by atoms with Gasteiger partial charge in [0.2, 0.25) is 5.91 Å². The molecule has 0 saturated heterocycles. The van der Waals surface area contributed by atoms with Crippen molar-refractivity contribution in [3.05, 3.63) is 58.3 Å². The maximum atomic E-state index is 12.6. The number of aryl methyl sites for hydroxylation is 2. The van der Waals surface area contributed by atoms with Crippen LogP contribution in [0.4, 0.5) is 0 Å². The van der Waals surface area contributed by atoms with E-state index in [1.54, 1.807) is 7.05 Å². The Bertz CT molecular complexity index is 1000. The number of amides is 1. The van der Waals surface area contributed by atoms with Crippen molar-refractivity contribution in [2.75, 3.05) is 0 Å². The average Bonchev–Trinajstić information content (AvgIpc) is 3.03. The van der Waals surface area contributed by atoms with Crippen LogP contribution >= 0.6 is 0 Å². The summed E-state index contributed by atoms with van der Waals surface area (Å²) in [4.78, 5) is 29.4. The molecular weight excluding hydrogens is 342 g/mol. The highest BCUT2D eigenvalue weighted by molar-refractivity contribution is 5.77. The molecule has 27 heavy (non-hydrogen) atoms. The number of nitrogens with zero attached hydrogens (tertiary/aromatic N) is 4. The third-order valence-electron chi connectivity index (χ3n) is 4.76. The molecular formula is C20H25N5O2. The number of hydrogen-bond acceptors (Lipinski definition) is 4. The van der Waals surface area contributed by atoms with Crippen molar-refractivity contribution >= 4 is 16.9 Å². The predicted molar refractivity (Wildman–Crippen MR) is 104 cm³/mol. The second-order valence-electron chi connectivity index (χ2n) is 7.07. The molecule has 0 fully saturated rings. The van der Waals surface area contributed by atoms with Crippen LogP contribution < -0.4 is 10.9 Å². The van der Waals surface area contributed by atoms with E-state index in [0.29, 0.717) is 11.0 Å². The first-order valence-electron chi connectivity index (χ1n) is 9.16. The van der Waals surface area contributed by atoms with Gasteiger partial charge < -0.3 is 5.32 Å². The van der Waals surface area contributed by atoms with Gasteiger partial charge in [-0.05, 0) is 23.5 Å². The highest BCUT2D eigenvalue weighted by Gasteiger charge is 2.19. The SMILES string of the molecule is CCc1ccc([C@H](NC(=O)Cn2cnc3c(cnn3C)c2=O)C(C)C)cc1. The Balaban J connectivity index is 1.78. The van der Waals surface area contributed by atoms with E-state index in [0.717, 1.165) is 12.0 Å². The molecule has 0 aliphatic carbocycles. The van der Waals surface area contributed by atoms with Crippen molar-refractivity contribution in [2.24, 2.45) is 13.0 Å². The molecule has 2 heterocycles. The summed E-state index contributed by atoms with van der Waals surface area (Å²) in [6.45, 7) is 6.16. The zero-order chi connectivity index (χ0) is 19.6. The number of rotatable bonds is 6. The highest BCUT2D eigenvalue weighted by Crippen LogP contribution is 2.22. The van der Waals surface area contributed by atoms with Crippen molar-refractivity contribution in [1.82, 2.24) is 24.6 Å². The quantitative estimate of drug-likeness (QED) is 0.724. The van der Waals surface area contributed by atoms with Crippen molar-refractivity contribution in [1.29, 1.82) is 0 Å². The summed E-state index contributed by atoms with van der Waals surface area (Å²) in [5.41, 5.74) is 2.56. The molecule has 0 spiro atoms. The second-order valence-corrected chi connectivity index (χ2v) is 7.07. The largest absolute Gasteiger partial charge is 0.347 e. The molecule has 2 aromatic heterocycles. The molecule has 0 unspecified atom stereocenters. The monoisotopic (exact) mass is 367 g/mol. The number of carbonyl (C=O) groups excluding carboxylic acids is 1. The lowest BCUT2D eigenvalue weighted by Gasteiger charge is -2.23. The number of benzene rings is 1. The van der Waals surface area contributed by atoms with Crippen molar-refractivity contribution in [2.45, 2.75) is 39.8 Å². The van der Waals surface area contributed by atoms with Crippen LogP contribution in [0, 0.1) is 5.92 Å². The summed E-state index contributed by atoms with van der Waals surface area (Å²) >= 11 is 0. The first-order valence-corrected chi connectivity index (χ1v) is 9.16. The van der Waals surface area contributed by atoms with E-state index < -0.39 is 0 Å². The molecule has 0 aliphatic heterocycles. The zero-order valence-corrected chi connectivity index (χ0v) is 16.1. The number of aromatic nitrogens is 4. The van der Waals surface area contributed by atoms with Gasteiger partial charge in [0.1, 0.15) is 18.3 Å². The minimum atomic E-state index is -0.267. The van der Waals surface area contributed by atoms with E-state index in [2.05, 4.69) is 60.4 Å². The van der Waals surface area contributed by atoms with Crippen molar-refractivity contribution < 1.29 is 4.79 Å². The summed E-state index contributed by atoms with van der Waals surface area (Å²) in [5.74, 6) is -0.00233. The average molecular weight is 367 g/mol. The molecule has 1 atom stereocenters. The van der Waals surface area contributed by atoms with Gasteiger partial charge in [-0.25, -0.2) is 4.98 Å². The summed E-state index contributed by atoms with van der Waals surface area (Å²) in [6.07, 6.45) is 3.85. The maximum Gasteiger partial charge on any atom is 0.264 e.